The lowest BCUT2D eigenvalue weighted by Gasteiger charge is -2.08. The highest BCUT2D eigenvalue weighted by atomic mass is 32.2. The van der Waals surface area contributed by atoms with Gasteiger partial charge in [-0.05, 0) is 51.0 Å². The van der Waals surface area contributed by atoms with Crippen LogP contribution in [-0.4, -0.2) is 38.8 Å². The van der Waals surface area contributed by atoms with Crippen LogP contribution >= 0.6 is 23.1 Å². The molecule has 0 aliphatic heterocycles. The fourth-order valence-electron chi connectivity index (χ4n) is 3.43. The minimum Gasteiger partial charge on any atom is -0.462 e. The van der Waals surface area contributed by atoms with Crippen molar-refractivity contribution in [1.82, 2.24) is 14.6 Å². The summed E-state index contributed by atoms with van der Waals surface area (Å²) in [4.78, 5) is 26.0. The monoisotopic (exact) mass is 454 g/mol. The van der Waals surface area contributed by atoms with E-state index in [-0.39, 0.29) is 18.3 Å². The van der Waals surface area contributed by atoms with Crippen LogP contribution in [0.5, 0.6) is 0 Å². The number of nitrogens with one attached hydrogen (secondary N) is 1. The number of rotatable bonds is 6. The van der Waals surface area contributed by atoms with Gasteiger partial charge in [-0.2, -0.15) is 0 Å². The number of anilines is 1. The first-order chi connectivity index (χ1) is 14.9. The number of carbonyl (C=O) groups is 2. The molecule has 0 aliphatic carbocycles. The molecule has 31 heavy (non-hydrogen) atoms. The summed E-state index contributed by atoms with van der Waals surface area (Å²) in [5, 5.41) is 13.7. The smallest absolute Gasteiger partial charge is 0.341 e. The molecule has 0 saturated heterocycles. The highest BCUT2D eigenvalue weighted by Gasteiger charge is 2.22. The van der Waals surface area contributed by atoms with Gasteiger partial charge in [0.1, 0.15) is 5.00 Å². The van der Waals surface area contributed by atoms with Gasteiger partial charge in [0.2, 0.25) is 5.91 Å². The van der Waals surface area contributed by atoms with E-state index in [4.69, 9.17) is 4.74 Å². The fraction of sp³-hybridized carbons (Fsp3) is 0.273. The predicted molar refractivity (Wildman–Crippen MR) is 124 cm³/mol. The van der Waals surface area contributed by atoms with E-state index in [2.05, 4.69) is 21.6 Å². The normalized spacial score (nSPS) is 11.2. The molecule has 7 nitrogen and oxygen atoms in total. The van der Waals surface area contributed by atoms with Crippen molar-refractivity contribution < 1.29 is 14.3 Å². The molecule has 0 aliphatic rings. The minimum absolute atomic E-state index is 0.140. The first kappa shape index (κ1) is 21.3. The van der Waals surface area contributed by atoms with Crippen LogP contribution in [0.25, 0.3) is 16.6 Å². The van der Waals surface area contributed by atoms with Crippen molar-refractivity contribution >= 4 is 56.5 Å². The summed E-state index contributed by atoms with van der Waals surface area (Å²) in [6, 6.07) is 10.0. The van der Waals surface area contributed by atoms with Gasteiger partial charge < -0.3 is 10.1 Å². The maximum absolute atomic E-state index is 12.7. The van der Waals surface area contributed by atoms with E-state index in [1.165, 1.54) is 23.1 Å². The average molecular weight is 455 g/mol. The number of para-hydroxylation sites is 1. The number of aromatic nitrogens is 3. The van der Waals surface area contributed by atoms with Crippen LogP contribution in [-0.2, 0) is 9.53 Å². The summed E-state index contributed by atoms with van der Waals surface area (Å²) in [6.07, 6.45) is 0. The van der Waals surface area contributed by atoms with E-state index in [1.54, 1.807) is 6.92 Å². The molecule has 1 N–H and O–H groups in total. The number of hydrogen-bond donors (Lipinski definition) is 1. The van der Waals surface area contributed by atoms with Gasteiger partial charge in [-0.1, -0.05) is 30.0 Å². The van der Waals surface area contributed by atoms with Crippen LogP contribution < -0.4 is 5.32 Å². The fourth-order valence-corrected chi connectivity index (χ4v) is 5.24. The number of pyridine rings is 1. The second-order valence-electron chi connectivity index (χ2n) is 7.07. The number of benzene rings is 1. The first-order valence-corrected chi connectivity index (χ1v) is 11.6. The molecule has 0 bridgehead atoms. The molecular formula is C22H22N4O3S2. The van der Waals surface area contributed by atoms with Crippen molar-refractivity contribution in [3.8, 4) is 0 Å². The van der Waals surface area contributed by atoms with E-state index in [0.717, 1.165) is 32.6 Å². The Labute approximate surface area is 187 Å². The SMILES string of the molecule is CCOC(=O)c1c(NC(=O)CSc2nnc3cc(C)c4ccccc4n23)sc(C)c1C. The number of ether oxygens (including phenoxy) is 1. The van der Waals surface area contributed by atoms with Gasteiger partial charge in [0.25, 0.3) is 0 Å². The predicted octanol–water partition coefficient (Wildman–Crippen LogP) is 4.78. The van der Waals surface area contributed by atoms with Crippen molar-refractivity contribution in [2.75, 3.05) is 17.7 Å². The summed E-state index contributed by atoms with van der Waals surface area (Å²) in [5.41, 5.74) is 4.13. The highest BCUT2D eigenvalue weighted by molar-refractivity contribution is 7.99. The third-order valence-corrected chi connectivity index (χ3v) is 7.08. The zero-order valence-electron chi connectivity index (χ0n) is 17.7. The number of thioether (sulfide) groups is 1. The van der Waals surface area contributed by atoms with Crippen LogP contribution in [0, 0.1) is 20.8 Å². The Morgan fingerprint density at radius 3 is 2.74 bits per heavy atom. The Bertz CT molecular complexity index is 1310. The van der Waals surface area contributed by atoms with Crippen molar-refractivity contribution in [2.45, 2.75) is 32.9 Å². The second kappa shape index (κ2) is 8.68. The highest BCUT2D eigenvalue weighted by Crippen LogP contribution is 2.33. The Kier molecular flexibility index (Phi) is 5.97. The van der Waals surface area contributed by atoms with Crippen LogP contribution in [0.3, 0.4) is 0 Å². The van der Waals surface area contributed by atoms with Crippen molar-refractivity contribution in [1.29, 1.82) is 0 Å². The van der Waals surface area contributed by atoms with Crippen LogP contribution in [0.4, 0.5) is 5.00 Å². The second-order valence-corrected chi connectivity index (χ2v) is 9.23. The first-order valence-electron chi connectivity index (χ1n) is 9.84. The largest absolute Gasteiger partial charge is 0.462 e. The number of fused-ring (bicyclic) bond motifs is 3. The van der Waals surface area contributed by atoms with Gasteiger partial charge in [0, 0.05) is 10.3 Å². The molecule has 4 aromatic rings. The Morgan fingerprint density at radius 1 is 1.19 bits per heavy atom. The molecule has 3 heterocycles. The molecule has 160 valence electrons. The van der Waals surface area contributed by atoms with Gasteiger partial charge >= 0.3 is 5.97 Å². The Hall–Kier alpha value is -2.91. The number of nitrogens with zero attached hydrogens (tertiary/aromatic N) is 3. The summed E-state index contributed by atoms with van der Waals surface area (Å²) in [5.74, 6) is -0.496. The molecule has 0 atom stereocenters. The van der Waals surface area contributed by atoms with Gasteiger partial charge in [-0.15, -0.1) is 21.5 Å². The zero-order valence-corrected chi connectivity index (χ0v) is 19.3. The molecule has 0 radical (unpaired) electrons. The molecule has 3 aromatic heterocycles. The molecule has 0 fully saturated rings. The number of aryl methyl sites for hydroxylation is 2. The molecule has 4 rings (SSSR count). The summed E-state index contributed by atoms with van der Waals surface area (Å²) >= 11 is 2.68. The Balaban J connectivity index is 1.56. The van der Waals surface area contributed by atoms with Crippen molar-refractivity contribution in [3.05, 3.63) is 51.9 Å². The quantitative estimate of drug-likeness (QED) is 0.333. The van der Waals surface area contributed by atoms with E-state index in [9.17, 15) is 9.59 Å². The molecular weight excluding hydrogens is 432 g/mol. The van der Waals surface area contributed by atoms with E-state index in [1.807, 2.05) is 49.4 Å². The lowest BCUT2D eigenvalue weighted by Crippen LogP contribution is -2.16. The zero-order chi connectivity index (χ0) is 22.1. The molecule has 1 aromatic carbocycles. The molecule has 1 amide bonds. The van der Waals surface area contributed by atoms with Gasteiger partial charge in [-0.3, -0.25) is 9.20 Å². The topological polar surface area (TPSA) is 85.6 Å². The average Bonchev–Trinajstić information content (AvgIpc) is 3.27. The third-order valence-electron chi connectivity index (χ3n) is 5.02. The maximum atomic E-state index is 12.7. The standard InChI is InChI=1S/C22H22N4O3S2/c1-5-29-21(28)19-13(3)14(4)31-20(19)23-18(27)11-30-22-25-24-17-10-12(2)15-8-6-7-9-16(15)26(17)22/h6-10H,5,11H2,1-4H3,(H,23,27). The molecule has 0 spiro atoms. The summed E-state index contributed by atoms with van der Waals surface area (Å²) in [6.45, 7) is 7.86. The third kappa shape index (κ3) is 4.03. The van der Waals surface area contributed by atoms with E-state index >= 15 is 0 Å². The molecule has 9 heteroatoms. The van der Waals surface area contributed by atoms with Crippen molar-refractivity contribution in [2.24, 2.45) is 0 Å². The van der Waals surface area contributed by atoms with Crippen molar-refractivity contribution in [3.63, 3.8) is 0 Å². The molecule has 0 saturated carbocycles. The lowest BCUT2D eigenvalue weighted by molar-refractivity contribution is -0.113. The van der Waals surface area contributed by atoms with Crippen LogP contribution in [0.1, 0.15) is 33.3 Å². The minimum atomic E-state index is -0.419. The van der Waals surface area contributed by atoms with Gasteiger partial charge in [0.05, 0.1) is 23.4 Å². The number of amides is 1. The number of hydrogen-bond acceptors (Lipinski definition) is 7. The number of esters is 1. The van der Waals surface area contributed by atoms with E-state index < -0.39 is 5.97 Å². The Morgan fingerprint density at radius 2 is 1.97 bits per heavy atom. The number of thiophene rings is 1. The number of carbonyl (C=O) groups excluding carboxylic acids is 2. The van der Waals surface area contributed by atoms with E-state index in [0.29, 0.717) is 15.7 Å². The summed E-state index contributed by atoms with van der Waals surface area (Å²) in [7, 11) is 0. The van der Waals surface area contributed by atoms with Gasteiger partial charge in [0.15, 0.2) is 10.8 Å². The van der Waals surface area contributed by atoms with Crippen LogP contribution in [0.2, 0.25) is 0 Å². The van der Waals surface area contributed by atoms with Crippen LogP contribution in [0.15, 0.2) is 35.5 Å². The summed E-state index contributed by atoms with van der Waals surface area (Å²) < 4.78 is 7.11. The molecule has 0 unspecified atom stereocenters. The van der Waals surface area contributed by atoms with Gasteiger partial charge in [-0.25, -0.2) is 4.79 Å². The lowest BCUT2D eigenvalue weighted by atomic mass is 10.1. The maximum Gasteiger partial charge on any atom is 0.341 e.